The van der Waals surface area contributed by atoms with Crippen LogP contribution in [0, 0.1) is 0 Å². The topological polar surface area (TPSA) is 31.7 Å². The Labute approximate surface area is 141 Å². The summed E-state index contributed by atoms with van der Waals surface area (Å²) in [6, 6.07) is 5.93. The quantitative estimate of drug-likeness (QED) is 0.800. The van der Waals surface area contributed by atoms with Gasteiger partial charge in [-0.2, -0.15) is 0 Å². The van der Waals surface area contributed by atoms with Crippen LogP contribution < -0.4 is 15.5 Å². The van der Waals surface area contributed by atoms with Gasteiger partial charge in [-0.3, -0.25) is 4.99 Å². The first-order valence-electron chi connectivity index (χ1n) is 8.08. The van der Waals surface area contributed by atoms with E-state index in [2.05, 4.69) is 36.8 Å². The van der Waals surface area contributed by atoms with Gasteiger partial charge in [0.15, 0.2) is 5.82 Å². The first-order chi connectivity index (χ1) is 10.9. The molecule has 1 saturated heterocycles. The number of rotatable bonds is 1. The summed E-state index contributed by atoms with van der Waals surface area (Å²) in [7, 11) is 2.17. The molecule has 4 nitrogen and oxygen atoms in total. The summed E-state index contributed by atoms with van der Waals surface area (Å²) < 4.78 is 0. The Morgan fingerprint density at radius 1 is 1.13 bits per heavy atom. The highest BCUT2D eigenvalue weighted by molar-refractivity contribution is 6.31. The lowest BCUT2D eigenvalue weighted by molar-refractivity contribution is 0.312. The highest BCUT2D eigenvalue weighted by Crippen LogP contribution is 2.21. The smallest absolute Gasteiger partial charge is 0.155 e. The van der Waals surface area contributed by atoms with E-state index in [-0.39, 0.29) is 5.54 Å². The van der Waals surface area contributed by atoms with E-state index >= 15 is 0 Å². The summed E-state index contributed by atoms with van der Waals surface area (Å²) in [6.07, 6.45) is 2.24. The van der Waals surface area contributed by atoms with Crippen LogP contribution in [0.4, 0.5) is 5.82 Å². The second kappa shape index (κ2) is 5.18. The predicted octanol–water partition coefficient (Wildman–Crippen LogP) is 1.83. The van der Waals surface area contributed by atoms with Gasteiger partial charge in [-0.25, -0.2) is 4.98 Å². The number of benzene rings is 1. The molecule has 1 fully saturated rings. The number of hydrogen-bond acceptors (Lipinski definition) is 4. The molecule has 23 heavy (non-hydrogen) atoms. The molecule has 4 rings (SSSR count). The third-order valence-electron chi connectivity index (χ3n) is 4.64. The average Bonchev–Trinajstić information content (AvgIpc) is 2.83. The SMILES string of the molecule is CN1CCN(c2nc3ccc(Cl)cc3c3c2=NC(C)(C)C=3)CC1. The number of fused-ring (bicyclic) bond motifs is 3. The lowest BCUT2D eigenvalue weighted by Crippen LogP contribution is -2.47. The molecule has 0 saturated carbocycles. The van der Waals surface area contributed by atoms with Crippen LogP contribution in [0.15, 0.2) is 23.2 Å². The zero-order valence-corrected chi connectivity index (χ0v) is 14.6. The van der Waals surface area contributed by atoms with Crippen LogP contribution in [0.25, 0.3) is 17.0 Å². The first kappa shape index (κ1) is 14.9. The van der Waals surface area contributed by atoms with Crippen molar-refractivity contribution in [2.75, 3.05) is 38.1 Å². The fourth-order valence-electron chi connectivity index (χ4n) is 3.41. The van der Waals surface area contributed by atoms with Gasteiger partial charge in [0, 0.05) is 41.8 Å². The zero-order chi connectivity index (χ0) is 16.2. The second-order valence-electron chi connectivity index (χ2n) is 7.06. The molecule has 0 radical (unpaired) electrons. The molecule has 0 amide bonds. The van der Waals surface area contributed by atoms with Crippen molar-refractivity contribution in [3.63, 3.8) is 0 Å². The van der Waals surface area contributed by atoms with Gasteiger partial charge >= 0.3 is 0 Å². The van der Waals surface area contributed by atoms with Crippen LogP contribution in [-0.4, -0.2) is 48.6 Å². The van der Waals surface area contributed by atoms with Gasteiger partial charge < -0.3 is 9.80 Å². The molecule has 0 unspecified atom stereocenters. The van der Waals surface area contributed by atoms with Crippen molar-refractivity contribution in [1.82, 2.24) is 9.88 Å². The Kier molecular flexibility index (Phi) is 3.36. The summed E-state index contributed by atoms with van der Waals surface area (Å²) in [4.78, 5) is 14.6. The molecule has 2 aliphatic rings. The van der Waals surface area contributed by atoms with Crippen LogP contribution in [0.3, 0.4) is 0 Å². The van der Waals surface area contributed by atoms with Gasteiger partial charge in [-0.05, 0) is 45.2 Å². The van der Waals surface area contributed by atoms with E-state index in [1.165, 1.54) is 5.22 Å². The molecule has 120 valence electrons. The van der Waals surface area contributed by atoms with Crippen LogP contribution in [0.2, 0.25) is 5.02 Å². The number of pyridine rings is 1. The Balaban J connectivity index is 1.97. The van der Waals surface area contributed by atoms with Crippen molar-refractivity contribution >= 4 is 34.4 Å². The standard InChI is InChI=1S/C18H21ClN4/c1-18(2)11-14-13-10-12(19)4-5-15(13)20-17(16(14)21-18)23-8-6-22(3)7-9-23/h4-5,10-11H,6-9H2,1-3H3. The summed E-state index contributed by atoms with van der Waals surface area (Å²) in [6.45, 7) is 8.37. The Morgan fingerprint density at radius 3 is 2.61 bits per heavy atom. The maximum absolute atomic E-state index is 6.21. The molecule has 0 N–H and O–H groups in total. The molecule has 0 aliphatic carbocycles. The molecule has 0 spiro atoms. The van der Waals surface area contributed by atoms with E-state index in [1.807, 2.05) is 18.2 Å². The minimum atomic E-state index is -0.193. The van der Waals surface area contributed by atoms with E-state index < -0.39 is 0 Å². The van der Waals surface area contributed by atoms with Crippen molar-refractivity contribution in [3.8, 4) is 0 Å². The van der Waals surface area contributed by atoms with E-state index in [9.17, 15) is 0 Å². The average molecular weight is 329 g/mol. The molecular weight excluding hydrogens is 308 g/mol. The fourth-order valence-corrected chi connectivity index (χ4v) is 3.58. The highest BCUT2D eigenvalue weighted by Gasteiger charge is 2.24. The Morgan fingerprint density at radius 2 is 1.87 bits per heavy atom. The van der Waals surface area contributed by atoms with Crippen molar-refractivity contribution in [2.45, 2.75) is 19.4 Å². The summed E-state index contributed by atoms with van der Waals surface area (Å²) >= 11 is 6.21. The summed E-state index contributed by atoms with van der Waals surface area (Å²) in [5.74, 6) is 1.02. The molecule has 5 heteroatoms. The summed E-state index contributed by atoms with van der Waals surface area (Å²) in [5, 5.41) is 4.04. The highest BCUT2D eigenvalue weighted by atomic mass is 35.5. The lowest BCUT2D eigenvalue weighted by atomic mass is 10.1. The van der Waals surface area contributed by atoms with E-state index in [0.29, 0.717) is 0 Å². The van der Waals surface area contributed by atoms with Crippen molar-refractivity contribution in [2.24, 2.45) is 4.99 Å². The van der Waals surface area contributed by atoms with Crippen LogP contribution in [-0.2, 0) is 0 Å². The Bertz CT molecular complexity index is 895. The number of nitrogens with zero attached hydrogens (tertiary/aromatic N) is 4. The molecule has 2 aromatic rings. The number of aromatic nitrogens is 1. The van der Waals surface area contributed by atoms with Gasteiger partial charge in [-0.15, -0.1) is 0 Å². The van der Waals surface area contributed by atoms with Crippen LogP contribution in [0.1, 0.15) is 13.8 Å². The number of hydrogen-bond donors (Lipinski definition) is 0. The largest absolute Gasteiger partial charge is 0.352 e. The molecule has 1 aromatic carbocycles. The fraction of sp³-hybridized carbons (Fsp3) is 0.444. The van der Waals surface area contributed by atoms with Crippen molar-refractivity contribution in [3.05, 3.63) is 33.8 Å². The monoisotopic (exact) mass is 328 g/mol. The molecule has 2 aliphatic heterocycles. The Hall–Kier alpha value is -1.65. The summed E-state index contributed by atoms with van der Waals surface area (Å²) in [5.41, 5.74) is 0.799. The van der Waals surface area contributed by atoms with Crippen LogP contribution >= 0.6 is 11.6 Å². The molecular formula is C18H21ClN4. The van der Waals surface area contributed by atoms with Gasteiger partial charge in [0.1, 0.15) is 5.36 Å². The third kappa shape index (κ3) is 2.60. The second-order valence-corrected chi connectivity index (χ2v) is 7.50. The predicted molar refractivity (Wildman–Crippen MR) is 95.8 cm³/mol. The maximum atomic E-state index is 6.21. The maximum Gasteiger partial charge on any atom is 0.155 e. The minimum absolute atomic E-state index is 0.193. The van der Waals surface area contributed by atoms with E-state index in [0.717, 1.165) is 53.3 Å². The van der Waals surface area contributed by atoms with Crippen LogP contribution in [0.5, 0.6) is 0 Å². The molecule has 3 heterocycles. The molecule has 0 bridgehead atoms. The molecule has 0 atom stereocenters. The zero-order valence-electron chi connectivity index (χ0n) is 13.8. The number of piperazine rings is 1. The number of anilines is 1. The lowest BCUT2D eigenvalue weighted by Gasteiger charge is -2.33. The molecule has 1 aromatic heterocycles. The van der Waals surface area contributed by atoms with Crippen molar-refractivity contribution < 1.29 is 0 Å². The van der Waals surface area contributed by atoms with Gasteiger partial charge in [0.05, 0.1) is 11.1 Å². The number of halogens is 1. The number of likely N-dealkylation sites (N-methyl/N-ethyl adjacent to an activating group) is 1. The van der Waals surface area contributed by atoms with Gasteiger partial charge in [0.25, 0.3) is 0 Å². The third-order valence-corrected chi connectivity index (χ3v) is 4.88. The minimum Gasteiger partial charge on any atom is -0.352 e. The normalized spacial score (nSPS) is 20.3. The van der Waals surface area contributed by atoms with Gasteiger partial charge in [0.2, 0.25) is 0 Å². The van der Waals surface area contributed by atoms with Gasteiger partial charge in [-0.1, -0.05) is 11.6 Å². The first-order valence-corrected chi connectivity index (χ1v) is 8.46. The van der Waals surface area contributed by atoms with E-state index in [1.54, 1.807) is 0 Å². The van der Waals surface area contributed by atoms with Crippen molar-refractivity contribution in [1.29, 1.82) is 0 Å². The van der Waals surface area contributed by atoms with E-state index in [4.69, 9.17) is 21.6 Å².